The Morgan fingerprint density at radius 1 is 1.57 bits per heavy atom. The van der Waals surface area contributed by atoms with Gasteiger partial charge in [0.1, 0.15) is 14.7 Å². The molecule has 14 heavy (non-hydrogen) atoms. The molecule has 0 aromatic carbocycles. The van der Waals surface area contributed by atoms with E-state index in [0.717, 1.165) is 0 Å². The average molecular weight is 218 g/mol. The summed E-state index contributed by atoms with van der Waals surface area (Å²) in [5.41, 5.74) is -0.0267. The topological polar surface area (TPSA) is 37.3 Å². The van der Waals surface area contributed by atoms with E-state index < -0.39 is 8.15 Å². The first kappa shape index (κ1) is 13.8. The molecule has 0 spiro atoms. The van der Waals surface area contributed by atoms with Crippen molar-refractivity contribution < 1.29 is 14.2 Å². The van der Waals surface area contributed by atoms with E-state index in [1.165, 1.54) is 0 Å². The Kier molecular flexibility index (Phi) is 5.50. The van der Waals surface area contributed by atoms with Gasteiger partial charge in [-0.3, -0.25) is 4.79 Å². The van der Waals surface area contributed by atoms with Crippen LogP contribution in [-0.4, -0.2) is 48.8 Å². The fourth-order valence-corrected chi connectivity index (χ4v) is 2.42. The maximum atomic E-state index is 11.5. The van der Waals surface area contributed by atoms with Crippen LogP contribution in [0, 0.1) is 5.92 Å². The Morgan fingerprint density at radius 3 is 2.43 bits per heavy atom. The summed E-state index contributed by atoms with van der Waals surface area (Å²) in [6, 6.07) is 0. The highest BCUT2D eigenvalue weighted by molar-refractivity contribution is 7.69. The number of rotatable bonds is 6. The zero-order valence-electron chi connectivity index (χ0n) is 9.53. The molecule has 0 fully saturated rings. The fourth-order valence-electron chi connectivity index (χ4n) is 0.937. The summed E-state index contributed by atoms with van der Waals surface area (Å²) in [5, 5.41) is 0. The molecule has 0 radical (unpaired) electrons. The number of nitrogens with zero attached hydrogens (tertiary/aromatic N) is 1. The van der Waals surface area contributed by atoms with E-state index in [1.54, 1.807) is 6.08 Å². The van der Waals surface area contributed by atoms with Crippen LogP contribution in [0.3, 0.4) is 0 Å². The highest BCUT2D eigenvalue weighted by atomic mass is 31.1. The lowest BCUT2D eigenvalue weighted by Gasteiger charge is -2.24. The SMILES string of the molecule is C=CC(C)CP(O)C(=O)C[N+](C)(C)C. The maximum Gasteiger partial charge on any atom is 0.234 e. The molecule has 2 unspecified atom stereocenters. The highest BCUT2D eigenvalue weighted by Gasteiger charge is 2.23. The number of carbonyl (C=O) groups is 1. The minimum atomic E-state index is -1.48. The molecule has 0 saturated heterocycles. The number of carbonyl (C=O) groups excluding carboxylic acids is 1. The van der Waals surface area contributed by atoms with Crippen LogP contribution in [0.2, 0.25) is 0 Å². The number of hydrogen-bond donors (Lipinski definition) is 1. The smallest absolute Gasteiger partial charge is 0.234 e. The molecule has 82 valence electrons. The van der Waals surface area contributed by atoms with Gasteiger partial charge in [-0.05, 0) is 5.92 Å². The van der Waals surface area contributed by atoms with Crippen LogP contribution in [0.15, 0.2) is 12.7 Å². The van der Waals surface area contributed by atoms with Gasteiger partial charge in [0.2, 0.25) is 5.52 Å². The number of likely N-dealkylation sites (N-methyl/N-ethyl adjacent to an activating group) is 1. The minimum Gasteiger partial charge on any atom is -0.366 e. The largest absolute Gasteiger partial charge is 0.366 e. The summed E-state index contributed by atoms with van der Waals surface area (Å²) in [4.78, 5) is 21.2. The minimum absolute atomic E-state index is 0.0267. The lowest BCUT2D eigenvalue weighted by atomic mass is 10.2. The van der Waals surface area contributed by atoms with Gasteiger partial charge in [0, 0.05) is 6.16 Å². The molecule has 0 aliphatic carbocycles. The van der Waals surface area contributed by atoms with E-state index in [-0.39, 0.29) is 11.4 Å². The van der Waals surface area contributed by atoms with E-state index in [9.17, 15) is 9.69 Å². The van der Waals surface area contributed by atoms with Crippen molar-refractivity contribution in [3.05, 3.63) is 12.7 Å². The van der Waals surface area contributed by atoms with E-state index in [0.29, 0.717) is 17.2 Å². The van der Waals surface area contributed by atoms with Gasteiger partial charge < -0.3 is 9.38 Å². The molecule has 0 aliphatic rings. The van der Waals surface area contributed by atoms with Crippen molar-refractivity contribution in [2.75, 3.05) is 33.8 Å². The zero-order valence-corrected chi connectivity index (χ0v) is 10.4. The van der Waals surface area contributed by atoms with Crippen LogP contribution in [0.1, 0.15) is 6.92 Å². The summed E-state index contributed by atoms with van der Waals surface area (Å²) in [7, 11) is 4.35. The van der Waals surface area contributed by atoms with E-state index in [4.69, 9.17) is 0 Å². The van der Waals surface area contributed by atoms with Crippen molar-refractivity contribution in [1.29, 1.82) is 0 Å². The molecule has 4 heteroatoms. The third-order valence-electron chi connectivity index (χ3n) is 1.76. The quantitative estimate of drug-likeness (QED) is 0.416. The third kappa shape index (κ3) is 6.25. The number of quaternary nitrogens is 1. The Morgan fingerprint density at radius 2 is 2.07 bits per heavy atom. The van der Waals surface area contributed by atoms with Crippen LogP contribution in [0.5, 0.6) is 0 Å². The molecule has 0 aliphatic heterocycles. The van der Waals surface area contributed by atoms with E-state index in [2.05, 4.69) is 6.58 Å². The predicted octanol–water partition coefficient (Wildman–Crippen LogP) is 1.43. The normalized spacial score (nSPS) is 16.1. The van der Waals surface area contributed by atoms with Gasteiger partial charge in [-0.15, -0.1) is 6.58 Å². The van der Waals surface area contributed by atoms with Crippen molar-refractivity contribution in [1.82, 2.24) is 0 Å². The second kappa shape index (κ2) is 5.59. The van der Waals surface area contributed by atoms with Crippen LogP contribution in [0.4, 0.5) is 0 Å². The average Bonchev–Trinajstić information content (AvgIpc) is 2.00. The Bertz CT molecular complexity index is 211. The van der Waals surface area contributed by atoms with Crippen molar-refractivity contribution >= 4 is 13.7 Å². The molecule has 0 aromatic heterocycles. The zero-order chi connectivity index (χ0) is 11.4. The van der Waals surface area contributed by atoms with Crippen molar-refractivity contribution in [2.24, 2.45) is 5.92 Å². The van der Waals surface area contributed by atoms with Gasteiger partial charge in [0.15, 0.2) is 0 Å². The fraction of sp³-hybridized carbons (Fsp3) is 0.700. The van der Waals surface area contributed by atoms with Crippen LogP contribution in [-0.2, 0) is 4.79 Å². The van der Waals surface area contributed by atoms with E-state index >= 15 is 0 Å². The monoisotopic (exact) mass is 218 g/mol. The summed E-state index contributed by atoms with van der Waals surface area (Å²) >= 11 is 0. The van der Waals surface area contributed by atoms with Gasteiger partial charge >= 0.3 is 0 Å². The molecule has 0 heterocycles. The number of hydrogen-bond acceptors (Lipinski definition) is 2. The van der Waals surface area contributed by atoms with Crippen LogP contribution >= 0.6 is 8.15 Å². The molecule has 0 bridgehead atoms. The van der Waals surface area contributed by atoms with Gasteiger partial charge in [0.05, 0.1) is 21.1 Å². The Hall–Kier alpha value is -0.240. The first-order valence-electron chi connectivity index (χ1n) is 4.68. The van der Waals surface area contributed by atoms with Crippen LogP contribution in [0.25, 0.3) is 0 Å². The maximum absolute atomic E-state index is 11.5. The van der Waals surface area contributed by atoms with Crippen molar-refractivity contribution in [2.45, 2.75) is 6.92 Å². The molecule has 1 N–H and O–H groups in total. The molecular weight excluding hydrogens is 197 g/mol. The second-order valence-corrected chi connectivity index (χ2v) is 6.30. The van der Waals surface area contributed by atoms with Gasteiger partial charge in [-0.2, -0.15) is 0 Å². The van der Waals surface area contributed by atoms with Crippen molar-refractivity contribution in [3.63, 3.8) is 0 Å². The molecule has 0 amide bonds. The van der Waals surface area contributed by atoms with Gasteiger partial charge in [-0.25, -0.2) is 0 Å². The standard InChI is InChI=1S/C10H21NO2P/c1-6-9(2)8-14(13)10(12)7-11(3,4)5/h6,9,13H,1,7-8H2,2-5H3/q+1. The molecule has 0 rings (SSSR count). The molecule has 2 atom stereocenters. The first-order valence-corrected chi connectivity index (χ1v) is 6.16. The summed E-state index contributed by atoms with van der Waals surface area (Å²) < 4.78 is 0.570. The molecule has 0 aromatic rings. The van der Waals surface area contributed by atoms with Gasteiger partial charge in [0.25, 0.3) is 0 Å². The Balaban J connectivity index is 4.06. The summed E-state index contributed by atoms with van der Waals surface area (Å²) in [6.07, 6.45) is 2.31. The Labute approximate surface area is 87.8 Å². The lowest BCUT2D eigenvalue weighted by molar-refractivity contribution is -0.861. The van der Waals surface area contributed by atoms with Crippen molar-refractivity contribution in [3.8, 4) is 0 Å². The predicted molar refractivity (Wildman–Crippen MR) is 61.3 cm³/mol. The van der Waals surface area contributed by atoms with Gasteiger partial charge in [-0.1, -0.05) is 13.0 Å². The first-order chi connectivity index (χ1) is 6.26. The van der Waals surface area contributed by atoms with E-state index in [1.807, 2.05) is 28.1 Å². The molecule has 3 nitrogen and oxygen atoms in total. The summed E-state index contributed by atoms with van der Waals surface area (Å²) in [6.45, 7) is 5.98. The number of allylic oxidation sites excluding steroid dienone is 1. The third-order valence-corrected chi connectivity index (χ3v) is 3.40. The summed E-state index contributed by atoms with van der Waals surface area (Å²) in [5.74, 6) is 0.211. The lowest BCUT2D eigenvalue weighted by Crippen LogP contribution is -2.39. The molecular formula is C10H21NO2P+. The van der Waals surface area contributed by atoms with Crippen LogP contribution < -0.4 is 0 Å². The highest BCUT2D eigenvalue weighted by Crippen LogP contribution is 2.34. The molecule has 0 saturated carbocycles. The second-order valence-electron chi connectivity index (χ2n) is 4.64.